The van der Waals surface area contributed by atoms with Crippen LogP contribution in [-0.4, -0.2) is 26.8 Å². The molecule has 1 heterocycles. The second-order valence-corrected chi connectivity index (χ2v) is 6.99. The van der Waals surface area contributed by atoms with Gasteiger partial charge in [-0.3, -0.25) is 4.79 Å². The first-order valence-corrected chi connectivity index (χ1v) is 7.33. The Morgan fingerprint density at radius 2 is 1.94 bits per heavy atom. The summed E-state index contributed by atoms with van der Waals surface area (Å²) in [6, 6.07) is 2.35. The highest BCUT2D eigenvalue weighted by Gasteiger charge is 2.27. The molecule has 96 valence electrons. The minimum Gasteiger partial charge on any atom is -0.290 e. The van der Waals surface area contributed by atoms with Gasteiger partial charge in [-0.05, 0) is 12.1 Å². The molecule has 9 heteroatoms. The molecule has 0 aliphatic heterocycles. The number of alkyl halides is 3. The smallest absolute Gasteiger partial charge is 0.290 e. The summed E-state index contributed by atoms with van der Waals surface area (Å²) in [6.07, 6.45) is -6.30. The first kappa shape index (κ1) is 14.5. The summed E-state index contributed by atoms with van der Waals surface area (Å²) in [5.74, 6) is -1.81. The standard InChI is InChI=1S/C8H6ClF3O3S2/c9-17(14,15)6-2-1-4(16-6)3-5(10)7(13)8(11)12/h1-2,5,8H,3H2. The van der Waals surface area contributed by atoms with Crippen LogP contribution in [0.1, 0.15) is 4.88 Å². The number of halogens is 4. The van der Waals surface area contributed by atoms with Crippen LogP contribution in [0, 0.1) is 0 Å². The van der Waals surface area contributed by atoms with E-state index in [-0.39, 0.29) is 9.09 Å². The number of hydrogen-bond acceptors (Lipinski definition) is 4. The van der Waals surface area contributed by atoms with E-state index in [0.717, 1.165) is 6.07 Å². The first-order valence-electron chi connectivity index (χ1n) is 4.21. The molecule has 0 saturated carbocycles. The highest BCUT2D eigenvalue weighted by atomic mass is 35.7. The fourth-order valence-corrected chi connectivity index (χ4v) is 3.16. The maximum absolute atomic E-state index is 13.0. The molecule has 0 fully saturated rings. The Morgan fingerprint density at radius 3 is 2.35 bits per heavy atom. The van der Waals surface area contributed by atoms with Gasteiger partial charge in [-0.1, -0.05) is 0 Å². The fourth-order valence-electron chi connectivity index (χ4n) is 1.01. The van der Waals surface area contributed by atoms with Crippen LogP contribution >= 0.6 is 22.0 Å². The molecule has 0 aromatic carbocycles. The first-order chi connectivity index (χ1) is 7.71. The quantitative estimate of drug-likeness (QED) is 0.785. The lowest BCUT2D eigenvalue weighted by molar-refractivity contribution is -0.134. The average Bonchev–Trinajstić information content (AvgIpc) is 2.64. The van der Waals surface area contributed by atoms with Crippen LogP contribution in [0.4, 0.5) is 13.2 Å². The van der Waals surface area contributed by atoms with Gasteiger partial charge in [-0.2, -0.15) is 0 Å². The molecule has 0 aliphatic carbocycles. The molecule has 0 bridgehead atoms. The van der Waals surface area contributed by atoms with E-state index in [1.54, 1.807) is 0 Å². The molecule has 1 aromatic heterocycles. The van der Waals surface area contributed by atoms with Crippen LogP contribution in [0.5, 0.6) is 0 Å². The molecule has 0 amide bonds. The summed E-state index contributed by atoms with van der Waals surface area (Å²) in [5.41, 5.74) is 0. The van der Waals surface area contributed by atoms with Gasteiger partial charge >= 0.3 is 0 Å². The lowest BCUT2D eigenvalue weighted by Gasteiger charge is -2.03. The van der Waals surface area contributed by atoms with E-state index < -0.39 is 33.9 Å². The third-order valence-electron chi connectivity index (χ3n) is 1.78. The van der Waals surface area contributed by atoms with Crippen molar-refractivity contribution < 1.29 is 26.4 Å². The topological polar surface area (TPSA) is 51.2 Å². The maximum Gasteiger partial charge on any atom is 0.299 e. The number of hydrogen-bond donors (Lipinski definition) is 0. The zero-order valence-corrected chi connectivity index (χ0v) is 10.5. The van der Waals surface area contributed by atoms with Crippen molar-refractivity contribution in [3.05, 3.63) is 17.0 Å². The summed E-state index contributed by atoms with van der Waals surface area (Å²) in [6.45, 7) is 0. The second kappa shape index (κ2) is 5.36. The molecule has 17 heavy (non-hydrogen) atoms. The minimum atomic E-state index is -3.92. The Bertz CT molecular complexity index is 512. The van der Waals surface area contributed by atoms with Gasteiger partial charge in [0.05, 0.1) is 0 Å². The SMILES string of the molecule is O=C(C(F)F)C(F)Cc1ccc(S(=O)(=O)Cl)s1. The van der Waals surface area contributed by atoms with E-state index in [9.17, 15) is 26.4 Å². The van der Waals surface area contributed by atoms with Crippen LogP contribution < -0.4 is 0 Å². The molecule has 1 aromatic rings. The number of carbonyl (C=O) groups excluding carboxylic acids is 1. The lowest BCUT2D eigenvalue weighted by Crippen LogP contribution is -2.24. The normalized spacial score (nSPS) is 13.9. The summed E-state index contributed by atoms with van der Waals surface area (Å²) >= 11 is 0.640. The van der Waals surface area contributed by atoms with Gasteiger partial charge < -0.3 is 0 Å². The van der Waals surface area contributed by atoms with Crippen LogP contribution in [0.3, 0.4) is 0 Å². The van der Waals surface area contributed by atoms with Gasteiger partial charge in [0.25, 0.3) is 15.5 Å². The second-order valence-electron chi connectivity index (χ2n) is 3.03. The molecular weight excluding hydrogens is 301 g/mol. The highest BCUT2D eigenvalue weighted by molar-refractivity contribution is 8.15. The van der Waals surface area contributed by atoms with Gasteiger partial charge in [0.15, 0.2) is 6.17 Å². The number of thiophene rings is 1. The molecular formula is C8H6ClF3O3S2. The van der Waals surface area contributed by atoms with E-state index in [1.165, 1.54) is 6.07 Å². The van der Waals surface area contributed by atoms with Crippen molar-refractivity contribution >= 4 is 36.9 Å². The van der Waals surface area contributed by atoms with Crippen molar-refractivity contribution in [1.82, 2.24) is 0 Å². The van der Waals surface area contributed by atoms with Crippen molar-refractivity contribution in [2.24, 2.45) is 0 Å². The van der Waals surface area contributed by atoms with E-state index in [0.29, 0.717) is 11.3 Å². The van der Waals surface area contributed by atoms with Crippen molar-refractivity contribution in [3.8, 4) is 0 Å². The van der Waals surface area contributed by atoms with E-state index in [1.807, 2.05) is 0 Å². The summed E-state index contributed by atoms with van der Waals surface area (Å²) in [4.78, 5) is 10.7. The molecule has 1 unspecified atom stereocenters. The number of ketones is 1. The molecule has 3 nitrogen and oxygen atoms in total. The van der Waals surface area contributed by atoms with Crippen molar-refractivity contribution in [1.29, 1.82) is 0 Å². The third-order valence-corrected chi connectivity index (χ3v) is 4.98. The molecule has 0 radical (unpaired) electrons. The molecule has 0 saturated heterocycles. The molecule has 0 spiro atoms. The van der Waals surface area contributed by atoms with Gasteiger partial charge in [-0.15, -0.1) is 11.3 Å². The number of Topliss-reactive ketones (excluding diaryl/α,β-unsaturated/α-hetero) is 1. The number of rotatable bonds is 5. The predicted molar refractivity (Wildman–Crippen MR) is 57.0 cm³/mol. The predicted octanol–water partition coefficient (Wildman–Crippen LogP) is 2.39. The van der Waals surface area contributed by atoms with Crippen LogP contribution in [0.2, 0.25) is 0 Å². The average molecular weight is 307 g/mol. The Hall–Kier alpha value is -0.600. The van der Waals surface area contributed by atoms with Crippen LogP contribution in [0.25, 0.3) is 0 Å². The third kappa shape index (κ3) is 3.97. The largest absolute Gasteiger partial charge is 0.299 e. The molecule has 0 N–H and O–H groups in total. The monoisotopic (exact) mass is 306 g/mol. The van der Waals surface area contributed by atoms with E-state index in [4.69, 9.17) is 10.7 Å². The molecule has 1 rings (SSSR count). The zero-order valence-electron chi connectivity index (χ0n) is 8.07. The highest BCUT2D eigenvalue weighted by Crippen LogP contribution is 2.26. The zero-order chi connectivity index (χ0) is 13.2. The summed E-state index contributed by atoms with van der Waals surface area (Å²) in [7, 11) is 1.10. The maximum atomic E-state index is 13.0. The Kier molecular flexibility index (Phi) is 4.56. The van der Waals surface area contributed by atoms with Crippen LogP contribution in [0.15, 0.2) is 16.3 Å². The number of carbonyl (C=O) groups is 1. The summed E-state index contributed by atoms with van der Waals surface area (Å²) < 4.78 is 58.3. The van der Waals surface area contributed by atoms with Crippen molar-refractivity contribution in [2.45, 2.75) is 23.2 Å². The van der Waals surface area contributed by atoms with Gasteiger partial charge in [0.2, 0.25) is 5.78 Å². The summed E-state index contributed by atoms with van der Waals surface area (Å²) in [5, 5.41) is 0. The van der Waals surface area contributed by atoms with Gasteiger partial charge in [0.1, 0.15) is 4.21 Å². The van der Waals surface area contributed by atoms with E-state index in [2.05, 4.69) is 0 Å². The fraction of sp³-hybridized carbons (Fsp3) is 0.375. The Balaban J connectivity index is 2.77. The molecule has 1 atom stereocenters. The van der Waals surface area contributed by atoms with Crippen molar-refractivity contribution in [3.63, 3.8) is 0 Å². The van der Waals surface area contributed by atoms with E-state index >= 15 is 0 Å². The van der Waals surface area contributed by atoms with Crippen LogP contribution in [-0.2, 0) is 20.3 Å². The Morgan fingerprint density at radius 1 is 1.35 bits per heavy atom. The lowest BCUT2D eigenvalue weighted by atomic mass is 10.2. The van der Waals surface area contributed by atoms with Gasteiger partial charge in [-0.25, -0.2) is 21.6 Å². The van der Waals surface area contributed by atoms with Crippen molar-refractivity contribution in [2.75, 3.05) is 0 Å². The molecule has 0 aliphatic rings. The minimum absolute atomic E-state index is 0.158. The van der Waals surface area contributed by atoms with Gasteiger partial charge in [0, 0.05) is 22.0 Å². The Labute approximate surface area is 104 Å².